The number of benzene rings is 2. The highest BCUT2D eigenvalue weighted by atomic mass is 16.5. The molecular formula is C21H27NO2. The summed E-state index contributed by atoms with van der Waals surface area (Å²) < 4.78 is 5.58. The standard InChI is InChI=1S/C21H27NO2/c1-15(2)14-22-20(23)21(3,4)17-11-12-18(19(13-17)24-5)16-9-7-6-8-10-16/h6-13,15H,14H2,1-5H3,(H,22,23). The number of hydrogen-bond donors (Lipinski definition) is 1. The van der Waals surface area contributed by atoms with E-state index in [1.165, 1.54) is 0 Å². The number of carbonyl (C=O) groups is 1. The van der Waals surface area contributed by atoms with Crippen molar-refractivity contribution in [1.29, 1.82) is 0 Å². The van der Waals surface area contributed by atoms with Crippen LogP contribution < -0.4 is 10.1 Å². The molecule has 0 aliphatic heterocycles. The van der Waals surface area contributed by atoms with Gasteiger partial charge in [-0.05, 0) is 37.0 Å². The lowest BCUT2D eigenvalue weighted by Gasteiger charge is -2.26. The van der Waals surface area contributed by atoms with E-state index in [9.17, 15) is 4.79 Å². The van der Waals surface area contributed by atoms with E-state index in [-0.39, 0.29) is 5.91 Å². The topological polar surface area (TPSA) is 38.3 Å². The first kappa shape index (κ1) is 18.1. The Morgan fingerprint density at radius 3 is 2.38 bits per heavy atom. The zero-order valence-electron chi connectivity index (χ0n) is 15.2. The van der Waals surface area contributed by atoms with Gasteiger partial charge in [0.15, 0.2) is 0 Å². The highest BCUT2D eigenvalue weighted by Gasteiger charge is 2.30. The van der Waals surface area contributed by atoms with Crippen LogP contribution in [0.3, 0.4) is 0 Å². The van der Waals surface area contributed by atoms with Gasteiger partial charge in [0.2, 0.25) is 5.91 Å². The molecule has 1 amide bonds. The van der Waals surface area contributed by atoms with Crippen LogP contribution in [0.15, 0.2) is 48.5 Å². The molecule has 128 valence electrons. The molecule has 0 aliphatic carbocycles. The minimum atomic E-state index is -0.614. The highest BCUT2D eigenvalue weighted by molar-refractivity contribution is 5.88. The maximum Gasteiger partial charge on any atom is 0.230 e. The number of amides is 1. The van der Waals surface area contributed by atoms with Gasteiger partial charge in [-0.15, -0.1) is 0 Å². The van der Waals surface area contributed by atoms with E-state index in [1.807, 2.05) is 50.2 Å². The van der Waals surface area contributed by atoms with Gasteiger partial charge in [-0.3, -0.25) is 4.79 Å². The second-order valence-corrected chi connectivity index (χ2v) is 7.01. The maximum absolute atomic E-state index is 12.6. The summed E-state index contributed by atoms with van der Waals surface area (Å²) in [5.74, 6) is 1.24. The Kier molecular flexibility index (Phi) is 5.66. The van der Waals surface area contributed by atoms with Crippen LogP contribution in [0.5, 0.6) is 5.75 Å². The van der Waals surface area contributed by atoms with Crippen molar-refractivity contribution >= 4 is 5.91 Å². The van der Waals surface area contributed by atoms with Crippen molar-refractivity contribution in [2.24, 2.45) is 5.92 Å². The van der Waals surface area contributed by atoms with Crippen molar-refractivity contribution in [3.63, 3.8) is 0 Å². The lowest BCUT2D eigenvalue weighted by Crippen LogP contribution is -2.41. The fourth-order valence-electron chi connectivity index (χ4n) is 2.59. The van der Waals surface area contributed by atoms with Crippen LogP contribution in [-0.4, -0.2) is 19.6 Å². The van der Waals surface area contributed by atoms with Gasteiger partial charge in [0.05, 0.1) is 12.5 Å². The van der Waals surface area contributed by atoms with E-state index in [0.717, 1.165) is 22.4 Å². The molecule has 0 aliphatic rings. The number of carbonyl (C=O) groups excluding carboxylic acids is 1. The van der Waals surface area contributed by atoms with Crippen molar-refractivity contribution in [2.45, 2.75) is 33.1 Å². The number of hydrogen-bond acceptors (Lipinski definition) is 2. The van der Waals surface area contributed by atoms with Crippen molar-refractivity contribution in [1.82, 2.24) is 5.32 Å². The van der Waals surface area contributed by atoms with Crippen molar-refractivity contribution in [3.8, 4) is 16.9 Å². The molecule has 2 aromatic carbocycles. The highest BCUT2D eigenvalue weighted by Crippen LogP contribution is 2.34. The normalized spacial score (nSPS) is 11.4. The van der Waals surface area contributed by atoms with Crippen LogP contribution in [0.4, 0.5) is 0 Å². The molecule has 0 fully saturated rings. The van der Waals surface area contributed by atoms with Gasteiger partial charge >= 0.3 is 0 Å². The number of rotatable bonds is 6. The lowest BCUT2D eigenvalue weighted by atomic mass is 9.82. The summed E-state index contributed by atoms with van der Waals surface area (Å²) in [6.45, 7) is 8.75. The summed E-state index contributed by atoms with van der Waals surface area (Å²) in [7, 11) is 1.66. The Morgan fingerprint density at radius 2 is 1.79 bits per heavy atom. The molecule has 3 nitrogen and oxygen atoms in total. The zero-order valence-corrected chi connectivity index (χ0v) is 15.2. The van der Waals surface area contributed by atoms with Gasteiger partial charge in [-0.2, -0.15) is 0 Å². The molecule has 0 aromatic heterocycles. The summed E-state index contributed by atoms with van der Waals surface area (Å²) >= 11 is 0. The van der Waals surface area contributed by atoms with Crippen LogP contribution in [-0.2, 0) is 10.2 Å². The summed E-state index contributed by atoms with van der Waals surface area (Å²) in [5, 5.41) is 3.02. The predicted molar refractivity (Wildman–Crippen MR) is 99.3 cm³/mol. The second-order valence-electron chi connectivity index (χ2n) is 7.01. The van der Waals surface area contributed by atoms with E-state index >= 15 is 0 Å². The molecule has 0 heterocycles. The molecule has 3 heteroatoms. The van der Waals surface area contributed by atoms with Crippen molar-refractivity contribution in [3.05, 3.63) is 54.1 Å². The molecule has 0 radical (unpaired) electrons. The lowest BCUT2D eigenvalue weighted by molar-refractivity contribution is -0.125. The first-order valence-electron chi connectivity index (χ1n) is 8.38. The third kappa shape index (κ3) is 3.97. The van der Waals surface area contributed by atoms with E-state index in [0.29, 0.717) is 12.5 Å². The van der Waals surface area contributed by atoms with Gasteiger partial charge in [0, 0.05) is 12.1 Å². The largest absolute Gasteiger partial charge is 0.496 e. The first-order valence-corrected chi connectivity index (χ1v) is 8.38. The SMILES string of the molecule is COc1cc(C(C)(C)C(=O)NCC(C)C)ccc1-c1ccccc1. The van der Waals surface area contributed by atoms with Crippen LogP contribution in [0.25, 0.3) is 11.1 Å². The van der Waals surface area contributed by atoms with Gasteiger partial charge in [0.1, 0.15) is 5.75 Å². The average Bonchev–Trinajstić information content (AvgIpc) is 2.59. The molecule has 0 spiro atoms. The number of ether oxygens (including phenoxy) is 1. The van der Waals surface area contributed by atoms with Crippen LogP contribution in [0.1, 0.15) is 33.3 Å². The summed E-state index contributed by atoms with van der Waals surface area (Å²) in [6, 6.07) is 16.1. The van der Waals surface area contributed by atoms with E-state index in [4.69, 9.17) is 4.74 Å². The Bertz CT molecular complexity index is 690. The Balaban J connectivity index is 2.33. The number of nitrogens with one attached hydrogen (secondary N) is 1. The molecule has 0 atom stereocenters. The van der Waals surface area contributed by atoms with Gasteiger partial charge in [0.25, 0.3) is 0 Å². The molecule has 0 bridgehead atoms. The van der Waals surface area contributed by atoms with Gasteiger partial charge < -0.3 is 10.1 Å². The second kappa shape index (κ2) is 7.52. The van der Waals surface area contributed by atoms with Gasteiger partial charge in [-0.25, -0.2) is 0 Å². The molecule has 24 heavy (non-hydrogen) atoms. The fraction of sp³-hybridized carbons (Fsp3) is 0.381. The van der Waals surface area contributed by atoms with E-state index in [1.54, 1.807) is 7.11 Å². The quantitative estimate of drug-likeness (QED) is 0.854. The van der Waals surface area contributed by atoms with Crippen molar-refractivity contribution in [2.75, 3.05) is 13.7 Å². The molecule has 0 saturated heterocycles. The van der Waals surface area contributed by atoms with Crippen molar-refractivity contribution < 1.29 is 9.53 Å². The van der Waals surface area contributed by atoms with E-state index in [2.05, 4.69) is 31.3 Å². The molecule has 0 unspecified atom stereocenters. The molecular weight excluding hydrogens is 298 g/mol. The molecule has 0 saturated carbocycles. The third-order valence-corrected chi connectivity index (χ3v) is 4.25. The Hall–Kier alpha value is -2.29. The van der Waals surface area contributed by atoms with Crippen LogP contribution in [0, 0.1) is 5.92 Å². The molecule has 1 N–H and O–H groups in total. The Labute approximate surface area is 145 Å². The minimum absolute atomic E-state index is 0.0331. The smallest absolute Gasteiger partial charge is 0.230 e. The minimum Gasteiger partial charge on any atom is -0.496 e. The third-order valence-electron chi connectivity index (χ3n) is 4.25. The summed E-state index contributed by atoms with van der Waals surface area (Å²) in [6.07, 6.45) is 0. The maximum atomic E-state index is 12.6. The van der Waals surface area contributed by atoms with Crippen LogP contribution in [0.2, 0.25) is 0 Å². The average molecular weight is 325 g/mol. The molecule has 2 aromatic rings. The molecule has 2 rings (SSSR count). The Morgan fingerprint density at radius 1 is 1.12 bits per heavy atom. The fourth-order valence-corrected chi connectivity index (χ4v) is 2.59. The summed E-state index contributed by atoms with van der Waals surface area (Å²) in [5.41, 5.74) is 2.46. The monoisotopic (exact) mass is 325 g/mol. The number of methoxy groups -OCH3 is 1. The van der Waals surface area contributed by atoms with E-state index < -0.39 is 5.41 Å². The zero-order chi connectivity index (χ0) is 17.7. The summed E-state index contributed by atoms with van der Waals surface area (Å²) in [4.78, 5) is 12.6. The van der Waals surface area contributed by atoms with Gasteiger partial charge in [-0.1, -0.05) is 56.3 Å². The van der Waals surface area contributed by atoms with Crippen LogP contribution >= 0.6 is 0 Å². The predicted octanol–water partition coefficient (Wildman–Crippen LogP) is 4.41. The first-order chi connectivity index (χ1) is 11.4.